The highest BCUT2D eigenvalue weighted by Crippen LogP contribution is 2.39. The van der Waals surface area contributed by atoms with Crippen LogP contribution < -0.4 is 4.90 Å². The standard InChI is InChI=1S/C31H24N2/c1-32-30-18-9-8-17-28(30)29-20-19-27(22-31(29)32)33(25-14-6-3-7-15-25)26-16-10-13-24(21-26)23-11-4-2-5-12-23/h2-22H,1H3. The Labute approximate surface area is 194 Å². The average Bonchev–Trinajstić information content (AvgIpc) is 3.17. The number of anilines is 3. The van der Waals surface area contributed by atoms with E-state index in [0.717, 1.165) is 17.1 Å². The van der Waals surface area contributed by atoms with Gasteiger partial charge in [0.2, 0.25) is 0 Å². The number of rotatable bonds is 4. The zero-order chi connectivity index (χ0) is 22.2. The Morgan fingerprint density at radius 1 is 0.455 bits per heavy atom. The number of benzene rings is 5. The van der Waals surface area contributed by atoms with Crippen LogP contribution in [0.4, 0.5) is 17.1 Å². The highest BCUT2D eigenvalue weighted by atomic mass is 15.1. The fourth-order valence-electron chi connectivity index (χ4n) is 4.77. The fourth-order valence-corrected chi connectivity index (χ4v) is 4.77. The molecule has 0 atom stereocenters. The molecule has 1 heterocycles. The molecule has 0 saturated heterocycles. The maximum Gasteiger partial charge on any atom is 0.0509 e. The van der Waals surface area contributed by atoms with Crippen LogP contribution in [0.25, 0.3) is 32.9 Å². The molecular formula is C31H24N2. The molecular weight excluding hydrogens is 400 g/mol. The van der Waals surface area contributed by atoms with Crippen LogP contribution in [0.3, 0.4) is 0 Å². The van der Waals surface area contributed by atoms with Gasteiger partial charge in [0.25, 0.3) is 0 Å². The van der Waals surface area contributed by atoms with Crippen molar-refractivity contribution in [2.24, 2.45) is 7.05 Å². The molecule has 0 fully saturated rings. The Hall–Kier alpha value is -4.30. The molecule has 0 aliphatic rings. The Morgan fingerprint density at radius 2 is 1.06 bits per heavy atom. The lowest BCUT2D eigenvalue weighted by atomic mass is 10.0. The van der Waals surface area contributed by atoms with Crippen molar-refractivity contribution < 1.29 is 0 Å². The summed E-state index contributed by atoms with van der Waals surface area (Å²) in [6.45, 7) is 0. The molecule has 0 aliphatic carbocycles. The van der Waals surface area contributed by atoms with Crippen molar-refractivity contribution in [3.05, 3.63) is 127 Å². The average molecular weight is 425 g/mol. The van der Waals surface area contributed by atoms with Gasteiger partial charge in [-0.05, 0) is 53.6 Å². The molecule has 158 valence electrons. The van der Waals surface area contributed by atoms with Gasteiger partial charge in [0.1, 0.15) is 0 Å². The minimum atomic E-state index is 1.14. The summed E-state index contributed by atoms with van der Waals surface area (Å²) in [4.78, 5) is 2.34. The van der Waals surface area contributed by atoms with E-state index in [-0.39, 0.29) is 0 Å². The minimum absolute atomic E-state index is 1.14. The van der Waals surface area contributed by atoms with Gasteiger partial charge in [-0.3, -0.25) is 0 Å². The fraction of sp³-hybridized carbons (Fsp3) is 0.0323. The maximum atomic E-state index is 2.34. The smallest absolute Gasteiger partial charge is 0.0509 e. The molecule has 33 heavy (non-hydrogen) atoms. The van der Waals surface area contributed by atoms with Gasteiger partial charge in [-0.25, -0.2) is 0 Å². The van der Waals surface area contributed by atoms with Crippen molar-refractivity contribution in [3.8, 4) is 11.1 Å². The third-order valence-corrected chi connectivity index (χ3v) is 6.38. The SMILES string of the molecule is Cn1c2ccccc2c2ccc(N(c3ccccc3)c3cccc(-c4ccccc4)c3)cc21. The van der Waals surface area contributed by atoms with E-state index < -0.39 is 0 Å². The van der Waals surface area contributed by atoms with E-state index in [1.54, 1.807) is 0 Å². The van der Waals surface area contributed by atoms with E-state index in [0.29, 0.717) is 0 Å². The van der Waals surface area contributed by atoms with Crippen molar-refractivity contribution >= 4 is 38.9 Å². The molecule has 6 rings (SSSR count). The summed E-state index contributed by atoms with van der Waals surface area (Å²) < 4.78 is 2.29. The molecule has 0 spiro atoms. The topological polar surface area (TPSA) is 8.17 Å². The van der Waals surface area contributed by atoms with Crippen molar-refractivity contribution in [2.45, 2.75) is 0 Å². The summed E-state index contributed by atoms with van der Waals surface area (Å²) in [5, 5.41) is 2.57. The molecule has 0 radical (unpaired) electrons. The first-order valence-electron chi connectivity index (χ1n) is 11.3. The summed E-state index contributed by atoms with van der Waals surface area (Å²) in [7, 11) is 2.15. The monoisotopic (exact) mass is 424 g/mol. The van der Waals surface area contributed by atoms with Crippen LogP contribution >= 0.6 is 0 Å². The van der Waals surface area contributed by atoms with Gasteiger partial charge in [0.15, 0.2) is 0 Å². The maximum absolute atomic E-state index is 2.34. The number of para-hydroxylation sites is 2. The second-order valence-corrected chi connectivity index (χ2v) is 8.36. The van der Waals surface area contributed by atoms with Gasteiger partial charge in [0.05, 0.1) is 5.52 Å². The van der Waals surface area contributed by atoms with Gasteiger partial charge >= 0.3 is 0 Å². The van der Waals surface area contributed by atoms with Gasteiger partial charge in [0, 0.05) is 40.4 Å². The highest BCUT2D eigenvalue weighted by Gasteiger charge is 2.16. The van der Waals surface area contributed by atoms with Crippen molar-refractivity contribution in [2.75, 3.05) is 4.90 Å². The van der Waals surface area contributed by atoms with E-state index >= 15 is 0 Å². The predicted octanol–water partition coefficient (Wildman–Crippen LogP) is 8.47. The number of aryl methyl sites for hydroxylation is 1. The Balaban J connectivity index is 1.55. The van der Waals surface area contributed by atoms with E-state index in [9.17, 15) is 0 Å². The number of hydrogen-bond donors (Lipinski definition) is 0. The molecule has 0 bridgehead atoms. The second-order valence-electron chi connectivity index (χ2n) is 8.36. The summed E-state index contributed by atoms with van der Waals surface area (Å²) in [5.41, 5.74) is 8.33. The molecule has 6 aromatic rings. The van der Waals surface area contributed by atoms with Crippen molar-refractivity contribution in [1.29, 1.82) is 0 Å². The molecule has 0 unspecified atom stereocenters. The first-order chi connectivity index (χ1) is 16.3. The quantitative estimate of drug-likeness (QED) is 0.275. The van der Waals surface area contributed by atoms with E-state index in [1.165, 1.54) is 32.9 Å². The number of nitrogens with zero attached hydrogens (tertiary/aromatic N) is 2. The molecule has 0 saturated carbocycles. The van der Waals surface area contributed by atoms with Gasteiger partial charge in [-0.1, -0.05) is 84.9 Å². The molecule has 1 aromatic heterocycles. The first kappa shape index (κ1) is 19.4. The third-order valence-electron chi connectivity index (χ3n) is 6.38. The van der Waals surface area contributed by atoms with Crippen LogP contribution in [0.5, 0.6) is 0 Å². The van der Waals surface area contributed by atoms with E-state index in [1.807, 2.05) is 0 Å². The summed E-state index contributed by atoms with van der Waals surface area (Å²) in [6.07, 6.45) is 0. The van der Waals surface area contributed by atoms with Crippen LogP contribution in [0.2, 0.25) is 0 Å². The zero-order valence-electron chi connectivity index (χ0n) is 18.5. The molecule has 2 heteroatoms. The lowest BCUT2D eigenvalue weighted by molar-refractivity contribution is 1.01. The lowest BCUT2D eigenvalue weighted by Crippen LogP contribution is -2.10. The lowest BCUT2D eigenvalue weighted by Gasteiger charge is -2.26. The molecule has 0 aliphatic heterocycles. The normalized spacial score (nSPS) is 11.2. The van der Waals surface area contributed by atoms with E-state index in [4.69, 9.17) is 0 Å². The largest absolute Gasteiger partial charge is 0.344 e. The first-order valence-corrected chi connectivity index (χ1v) is 11.3. The summed E-state index contributed by atoms with van der Waals surface area (Å²) in [5.74, 6) is 0. The summed E-state index contributed by atoms with van der Waals surface area (Å²) >= 11 is 0. The zero-order valence-corrected chi connectivity index (χ0v) is 18.5. The third kappa shape index (κ3) is 3.37. The van der Waals surface area contributed by atoms with Crippen LogP contribution in [0, 0.1) is 0 Å². The van der Waals surface area contributed by atoms with Crippen LogP contribution in [-0.2, 0) is 7.05 Å². The highest BCUT2D eigenvalue weighted by molar-refractivity contribution is 6.09. The molecule has 0 amide bonds. The van der Waals surface area contributed by atoms with Crippen LogP contribution in [-0.4, -0.2) is 4.57 Å². The molecule has 5 aromatic carbocycles. The molecule has 2 nitrogen and oxygen atoms in total. The van der Waals surface area contributed by atoms with Gasteiger partial charge in [-0.2, -0.15) is 0 Å². The van der Waals surface area contributed by atoms with E-state index in [2.05, 4.69) is 144 Å². The van der Waals surface area contributed by atoms with Crippen LogP contribution in [0.15, 0.2) is 127 Å². The Bertz CT molecular complexity index is 1560. The predicted molar refractivity (Wildman–Crippen MR) is 141 cm³/mol. The summed E-state index contributed by atoms with van der Waals surface area (Å²) in [6, 6.07) is 45.3. The van der Waals surface area contributed by atoms with Gasteiger partial charge in [-0.15, -0.1) is 0 Å². The Morgan fingerprint density at radius 3 is 1.88 bits per heavy atom. The van der Waals surface area contributed by atoms with Crippen molar-refractivity contribution in [1.82, 2.24) is 4.57 Å². The van der Waals surface area contributed by atoms with Crippen molar-refractivity contribution in [3.63, 3.8) is 0 Å². The number of hydrogen-bond acceptors (Lipinski definition) is 1. The number of aromatic nitrogens is 1. The van der Waals surface area contributed by atoms with Gasteiger partial charge < -0.3 is 9.47 Å². The molecule has 0 N–H and O–H groups in total. The second kappa shape index (κ2) is 7.99. The Kier molecular flexibility index (Phi) is 4.70. The van der Waals surface area contributed by atoms with Crippen LogP contribution in [0.1, 0.15) is 0 Å². The number of fused-ring (bicyclic) bond motifs is 3. The minimum Gasteiger partial charge on any atom is -0.344 e.